The molecule has 5 nitrogen and oxygen atoms in total. The maximum atomic E-state index is 13.8. The SMILES string of the molecule is Cc1ccc(-c2cc3c(N4CCNCC4)ncnc3[nH]2)cc1F. The minimum Gasteiger partial charge on any atom is -0.353 e. The van der Waals surface area contributed by atoms with Crippen LogP contribution in [0.5, 0.6) is 0 Å². The average Bonchev–Trinajstić information content (AvgIpc) is 3.02. The monoisotopic (exact) mass is 311 g/mol. The van der Waals surface area contributed by atoms with Crippen LogP contribution in [0.25, 0.3) is 22.3 Å². The largest absolute Gasteiger partial charge is 0.353 e. The van der Waals surface area contributed by atoms with Gasteiger partial charge in [-0.15, -0.1) is 0 Å². The van der Waals surface area contributed by atoms with Gasteiger partial charge in [0.15, 0.2) is 0 Å². The molecule has 0 atom stereocenters. The maximum Gasteiger partial charge on any atom is 0.143 e. The topological polar surface area (TPSA) is 56.8 Å². The van der Waals surface area contributed by atoms with E-state index in [0.717, 1.165) is 54.3 Å². The molecule has 1 aromatic carbocycles. The Morgan fingerprint density at radius 2 is 1.96 bits per heavy atom. The first kappa shape index (κ1) is 14.1. The Morgan fingerprint density at radius 1 is 1.13 bits per heavy atom. The molecule has 0 saturated carbocycles. The maximum absolute atomic E-state index is 13.8. The van der Waals surface area contributed by atoms with Gasteiger partial charge in [-0.1, -0.05) is 12.1 Å². The van der Waals surface area contributed by atoms with Crippen molar-refractivity contribution in [3.05, 3.63) is 42.0 Å². The standard InChI is InChI=1S/C17H18FN5/c1-11-2-3-12(8-14(11)18)15-9-13-16(22-15)20-10-21-17(13)23-6-4-19-5-7-23/h2-3,8-10,19H,4-7H2,1H3,(H,20,21,22). The number of hydrogen-bond acceptors (Lipinski definition) is 4. The summed E-state index contributed by atoms with van der Waals surface area (Å²) in [7, 11) is 0. The highest BCUT2D eigenvalue weighted by Crippen LogP contribution is 2.29. The minimum absolute atomic E-state index is 0.199. The van der Waals surface area contributed by atoms with Gasteiger partial charge < -0.3 is 15.2 Å². The lowest BCUT2D eigenvalue weighted by atomic mass is 10.1. The van der Waals surface area contributed by atoms with Crippen LogP contribution < -0.4 is 10.2 Å². The van der Waals surface area contributed by atoms with Gasteiger partial charge in [-0.3, -0.25) is 0 Å². The Hall–Kier alpha value is -2.47. The molecule has 1 aliphatic heterocycles. The summed E-state index contributed by atoms with van der Waals surface area (Å²) >= 11 is 0. The minimum atomic E-state index is -0.199. The van der Waals surface area contributed by atoms with Gasteiger partial charge in [-0.25, -0.2) is 14.4 Å². The predicted octanol–water partition coefficient (Wildman–Crippen LogP) is 2.48. The summed E-state index contributed by atoms with van der Waals surface area (Å²) in [5, 5.41) is 4.32. The summed E-state index contributed by atoms with van der Waals surface area (Å²) in [4.78, 5) is 14.3. The second-order valence-electron chi connectivity index (χ2n) is 5.84. The number of rotatable bonds is 2. The number of H-pyrrole nitrogens is 1. The van der Waals surface area contributed by atoms with Crippen molar-refractivity contribution in [3.8, 4) is 11.3 Å². The first-order valence-electron chi connectivity index (χ1n) is 7.78. The number of aromatic amines is 1. The van der Waals surface area contributed by atoms with Crippen molar-refractivity contribution in [1.82, 2.24) is 20.3 Å². The van der Waals surface area contributed by atoms with Gasteiger partial charge in [0, 0.05) is 37.4 Å². The van der Waals surface area contributed by atoms with Crippen molar-refractivity contribution in [3.63, 3.8) is 0 Å². The summed E-state index contributed by atoms with van der Waals surface area (Å²) in [6, 6.07) is 7.27. The average molecular weight is 311 g/mol. The number of hydrogen-bond donors (Lipinski definition) is 2. The molecular weight excluding hydrogens is 293 g/mol. The second-order valence-corrected chi connectivity index (χ2v) is 5.84. The van der Waals surface area contributed by atoms with Gasteiger partial charge in [-0.2, -0.15) is 0 Å². The molecule has 2 aromatic heterocycles. The molecule has 0 radical (unpaired) electrons. The smallest absolute Gasteiger partial charge is 0.143 e. The van der Waals surface area contributed by atoms with Gasteiger partial charge >= 0.3 is 0 Å². The summed E-state index contributed by atoms with van der Waals surface area (Å²) < 4.78 is 13.8. The molecule has 0 unspecified atom stereocenters. The normalized spacial score (nSPS) is 15.3. The third kappa shape index (κ3) is 2.55. The van der Waals surface area contributed by atoms with Gasteiger partial charge in [0.1, 0.15) is 23.6 Å². The Labute approximate surface area is 133 Å². The van der Waals surface area contributed by atoms with Crippen LogP contribution in [-0.2, 0) is 0 Å². The predicted molar refractivity (Wildman–Crippen MR) is 89.1 cm³/mol. The second kappa shape index (κ2) is 5.62. The highest BCUT2D eigenvalue weighted by molar-refractivity contribution is 5.92. The lowest BCUT2D eigenvalue weighted by Crippen LogP contribution is -2.43. The zero-order valence-corrected chi connectivity index (χ0v) is 12.9. The molecule has 0 spiro atoms. The van der Waals surface area contributed by atoms with Gasteiger partial charge in [0.25, 0.3) is 0 Å². The number of aryl methyl sites for hydroxylation is 1. The summed E-state index contributed by atoms with van der Waals surface area (Å²) in [6.07, 6.45) is 1.58. The van der Waals surface area contributed by atoms with Crippen LogP contribution in [0, 0.1) is 12.7 Å². The van der Waals surface area contributed by atoms with E-state index in [1.54, 1.807) is 25.4 Å². The van der Waals surface area contributed by atoms with E-state index >= 15 is 0 Å². The first-order chi connectivity index (χ1) is 11.2. The number of fused-ring (bicyclic) bond motifs is 1. The number of aromatic nitrogens is 3. The lowest BCUT2D eigenvalue weighted by molar-refractivity contribution is 0.586. The molecule has 0 amide bonds. The van der Waals surface area contributed by atoms with E-state index in [1.807, 2.05) is 12.1 Å². The van der Waals surface area contributed by atoms with Crippen molar-refractivity contribution in [2.75, 3.05) is 31.1 Å². The summed E-state index contributed by atoms with van der Waals surface area (Å²) in [6.45, 7) is 5.51. The zero-order valence-electron chi connectivity index (χ0n) is 12.9. The number of piperazine rings is 1. The number of halogens is 1. The molecule has 1 saturated heterocycles. The van der Waals surface area contributed by atoms with E-state index in [1.165, 1.54) is 0 Å². The molecule has 3 aromatic rings. The number of anilines is 1. The summed E-state index contributed by atoms with van der Waals surface area (Å²) in [5.74, 6) is 0.737. The van der Waals surface area contributed by atoms with E-state index in [4.69, 9.17) is 0 Å². The van der Waals surface area contributed by atoms with Crippen molar-refractivity contribution in [2.45, 2.75) is 6.92 Å². The van der Waals surface area contributed by atoms with E-state index in [9.17, 15) is 4.39 Å². The van der Waals surface area contributed by atoms with Gasteiger partial charge in [0.2, 0.25) is 0 Å². The van der Waals surface area contributed by atoms with E-state index in [2.05, 4.69) is 25.2 Å². The highest BCUT2D eigenvalue weighted by atomic mass is 19.1. The molecule has 1 fully saturated rings. The van der Waals surface area contributed by atoms with Crippen molar-refractivity contribution >= 4 is 16.9 Å². The van der Waals surface area contributed by atoms with Crippen LogP contribution in [0.1, 0.15) is 5.56 Å². The first-order valence-corrected chi connectivity index (χ1v) is 7.78. The third-order valence-corrected chi connectivity index (χ3v) is 4.30. The lowest BCUT2D eigenvalue weighted by Gasteiger charge is -2.28. The van der Waals surface area contributed by atoms with Gasteiger partial charge in [-0.05, 0) is 24.6 Å². The van der Waals surface area contributed by atoms with E-state index < -0.39 is 0 Å². The van der Waals surface area contributed by atoms with Crippen LogP contribution in [0.3, 0.4) is 0 Å². The van der Waals surface area contributed by atoms with Gasteiger partial charge in [0.05, 0.1) is 5.39 Å². The molecule has 0 aliphatic carbocycles. The van der Waals surface area contributed by atoms with Crippen LogP contribution in [0.4, 0.5) is 10.2 Å². The Balaban J connectivity index is 1.79. The molecular formula is C17H18FN5. The number of benzene rings is 1. The van der Waals surface area contributed by atoms with Crippen molar-refractivity contribution in [1.29, 1.82) is 0 Å². The fourth-order valence-electron chi connectivity index (χ4n) is 2.97. The third-order valence-electron chi connectivity index (χ3n) is 4.30. The molecule has 0 bridgehead atoms. The zero-order chi connectivity index (χ0) is 15.8. The summed E-state index contributed by atoms with van der Waals surface area (Å²) in [5.41, 5.74) is 3.10. The highest BCUT2D eigenvalue weighted by Gasteiger charge is 2.17. The van der Waals surface area contributed by atoms with Crippen LogP contribution in [-0.4, -0.2) is 41.1 Å². The molecule has 6 heteroatoms. The Kier molecular flexibility index (Phi) is 3.46. The molecule has 2 N–H and O–H groups in total. The fourth-order valence-corrected chi connectivity index (χ4v) is 2.97. The molecule has 23 heavy (non-hydrogen) atoms. The van der Waals surface area contributed by atoms with Crippen LogP contribution >= 0.6 is 0 Å². The van der Waals surface area contributed by atoms with Crippen molar-refractivity contribution in [2.24, 2.45) is 0 Å². The van der Waals surface area contributed by atoms with Crippen LogP contribution in [0.2, 0.25) is 0 Å². The fraction of sp³-hybridized carbons (Fsp3) is 0.294. The van der Waals surface area contributed by atoms with Crippen LogP contribution in [0.15, 0.2) is 30.6 Å². The Bertz CT molecular complexity index is 851. The van der Waals surface area contributed by atoms with E-state index in [-0.39, 0.29) is 5.82 Å². The molecule has 118 valence electrons. The Morgan fingerprint density at radius 3 is 2.74 bits per heavy atom. The van der Waals surface area contributed by atoms with Crippen molar-refractivity contribution < 1.29 is 4.39 Å². The van der Waals surface area contributed by atoms with E-state index in [0.29, 0.717) is 5.56 Å². The number of nitrogens with zero attached hydrogens (tertiary/aromatic N) is 3. The number of nitrogens with one attached hydrogen (secondary N) is 2. The molecule has 4 rings (SSSR count). The molecule has 3 heterocycles. The molecule has 1 aliphatic rings. The quantitative estimate of drug-likeness (QED) is 0.763.